The van der Waals surface area contributed by atoms with Gasteiger partial charge in [-0.25, -0.2) is 0 Å². The van der Waals surface area contributed by atoms with Gasteiger partial charge in [-0.15, -0.1) is 0 Å². The van der Waals surface area contributed by atoms with Crippen LogP contribution >= 0.6 is 0 Å². The molecule has 0 saturated carbocycles. The molecule has 4 N–H and O–H groups in total. The molecular weight excluding hydrogens is 1040 g/mol. The van der Waals surface area contributed by atoms with Crippen LogP contribution in [0.5, 0.6) is 23.0 Å². The summed E-state index contributed by atoms with van der Waals surface area (Å²) < 4.78 is 36.1. The zero-order valence-corrected chi connectivity index (χ0v) is 48.8. The number of ether oxygens (including phenoxy) is 6. The first-order chi connectivity index (χ1) is 38.9. The van der Waals surface area contributed by atoms with E-state index >= 15 is 0 Å². The summed E-state index contributed by atoms with van der Waals surface area (Å²) in [6.07, 6.45) is 5.74. The van der Waals surface area contributed by atoms with Crippen LogP contribution in [-0.2, 0) is 43.5 Å². The van der Waals surface area contributed by atoms with E-state index in [1.54, 1.807) is 0 Å². The first-order valence-electron chi connectivity index (χ1n) is 28.9. The van der Waals surface area contributed by atoms with Gasteiger partial charge in [-0.05, 0) is 128 Å². The van der Waals surface area contributed by atoms with Crippen LogP contribution in [-0.4, -0.2) is 142 Å². The smallest absolute Gasteiger partial charge is 0.236 e. The average molecular weight is 1130 g/mol. The van der Waals surface area contributed by atoms with Crippen molar-refractivity contribution in [1.82, 2.24) is 9.80 Å². The highest BCUT2D eigenvalue weighted by Gasteiger charge is 2.71. The maximum atomic E-state index is 14.9. The number of aromatic hydroxyl groups is 2. The highest BCUT2D eigenvalue weighted by Crippen LogP contribution is 2.60. The number of aliphatic hydroxyl groups excluding tert-OH is 2. The fourth-order valence-electron chi connectivity index (χ4n) is 14.0. The van der Waals surface area contributed by atoms with Gasteiger partial charge in [0.25, 0.3) is 0 Å². The lowest BCUT2D eigenvalue weighted by Crippen LogP contribution is -2.47. The maximum absolute atomic E-state index is 14.9. The summed E-state index contributed by atoms with van der Waals surface area (Å²) in [6, 6.07) is 23.1. The van der Waals surface area contributed by atoms with Crippen LogP contribution in [0.1, 0.15) is 105 Å². The van der Waals surface area contributed by atoms with Gasteiger partial charge in [-0.3, -0.25) is 29.0 Å². The van der Waals surface area contributed by atoms with E-state index in [-0.39, 0.29) is 92.6 Å². The van der Waals surface area contributed by atoms with E-state index in [0.717, 1.165) is 22.3 Å². The third-order valence-corrected chi connectivity index (χ3v) is 18.1. The molecule has 4 saturated heterocycles. The van der Waals surface area contributed by atoms with Gasteiger partial charge in [0.15, 0.2) is 0 Å². The number of amides is 4. The van der Waals surface area contributed by atoms with E-state index in [0.29, 0.717) is 53.2 Å². The van der Waals surface area contributed by atoms with Crippen LogP contribution in [0.15, 0.2) is 97.1 Å². The van der Waals surface area contributed by atoms with Crippen LogP contribution in [0.25, 0.3) is 0 Å². The Hall–Kier alpha value is -6.40. The molecule has 0 radical (unpaired) electrons. The number of benzene rings is 4. The standard InChI is InChI=1S/C66H80N2O14/c1-11-77-31-46(69)33-79-48-16-12-44(13-17-48)64(9,10)45-14-18-49(19-15-45)80-34-47(70)32-78-36-65-23-20-50(81-65)52-55(65)61(75)67(59(52)73)25-22-37(2)30-63(7,8)35-68-60(74)53-51-21-24-66(82-51,56(53)62(68)76)54(42-26-38(3)57(71)39(4)27-42)43-28-40(5)58(72)41(6)29-43/h12-21,23-24,26-29,37,46-47,50-56,69-72H,11,22,25,30-36H2,1-10H3. The molecule has 0 spiro atoms. The molecule has 0 aliphatic carbocycles. The zero-order chi connectivity index (χ0) is 58.8. The Morgan fingerprint density at radius 1 is 0.622 bits per heavy atom. The summed E-state index contributed by atoms with van der Waals surface area (Å²) >= 11 is 0. The molecule has 4 amide bonds. The average Bonchev–Trinajstić information content (AvgIpc) is 1.65. The molecule has 6 aliphatic heterocycles. The van der Waals surface area contributed by atoms with E-state index in [9.17, 15) is 39.6 Å². The molecule has 16 nitrogen and oxygen atoms in total. The minimum Gasteiger partial charge on any atom is -0.507 e. The number of phenolic OH excluding ortho intramolecular Hbond substituents is 2. The lowest BCUT2D eigenvalue weighted by molar-refractivity contribution is -0.148. The van der Waals surface area contributed by atoms with Crippen molar-refractivity contribution in [1.29, 1.82) is 0 Å². The number of phenols is 2. The van der Waals surface area contributed by atoms with Crippen molar-refractivity contribution in [3.05, 3.63) is 142 Å². The summed E-state index contributed by atoms with van der Waals surface area (Å²) in [4.78, 5) is 60.5. The Morgan fingerprint density at radius 3 is 1.63 bits per heavy atom. The van der Waals surface area contributed by atoms with Crippen molar-refractivity contribution < 1.29 is 68.0 Å². The summed E-state index contributed by atoms with van der Waals surface area (Å²) in [7, 11) is 0. The normalized spacial score (nSPS) is 26.4. The van der Waals surface area contributed by atoms with Crippen molar-refractivity contribution in [3.63, 3.8) is 0 Å². The van der Waals surface area contributed by atoms with Crippen LogP contribution in [0.3, 0.4) is 0 Å². The zero-order valence-electron chi connectivity index (χ0n) is 48.8. The highest BCUT2D eigenvalue weighted by atomic mass is 16.6. The third-order valence-electron chi connectivity index (χ3n) is 18.1. The van der Waals surface area contributed by atoms with E-state index in [2.05, 4.69) is 20.8 Å². The van der Waals surface area contributed by atoms with Gasteiger partial charge in [-0.2, -0.15) is 0 Å². The van der Waals surface area contributed by atoms with Gasteiger partial charge in [0.05, 0.1) is 55.7 Å². The highest BCUT2D eigenvalue weighted by molar-refractivity contribution is 6.08. The third kappa shape index (κ3) is 10.8. The molecular formula is C66H80N2O14. The largest absolute Gasteiger partial charge is 0.507 e. The number of carbonyl (C=O) groups excluding carboxylic acids is 4. The van der Waals surface area contributed by atoms with Gasteiger partial charge in [0.2, 0.25) is 23.6 Å². The molecule has 4 fully saturated rings. The molecule has 10 rings (SSSR count). The molecule has 4 bridgehead atoms. The summed E-state index contributed by atoms with van der Waals surface area (Å²) in [5, 5.41) is 42.6. The van der Waals surface area contributed by atoms with Gasteiger partial charge < -0.3 is 48.8 Å². The Bertz CT molecular complexity index is 3050. The number of aliphatic hydroxyl groups is 2. The summed E-state index contributed by atoms with van der Waals surface area (Å²) in [5.41, 5.74) is 3.24. The maximum Gasteiger partial charge on any atom is 0.236 e. The van der Waals surface area contributed by atoms with Crippen molar-refractivity contribution in [2.75, 3.05) is 52.7 Å². The molecule has 16 heteroatoms. The van der Waals surface area contributed by atoms with Gasteiger partial charge in [-0.1, -0.05) is 107 Å². The second-order valence-corrected chi connectivity index (χ2v) is 25.3. The molecule has 4 aromatic carbocycles. The number of likely N-dealkylation sites (tertiary alicyclic amines) is 2. The number of fused-ring (bicyclic) bond motifs is 10. The van der Waals surface area contributed by atoms with Crippen LogP contribution in [0.4, 0.5) is 0 Å². The predicted octanol–water partition coefficient (Wildman–Crippen LogP) is 8.08. The van der Waals surface area contributed by atoms with E-state index in [1.807, 2.05) is 146 Å². The minimum atomic E-state index is -1.21. The van der Waals surface area contributed by atoms with Crippen molar-refractivity contribution in [3.8, 4) is 23.0 Å². The summed E-state index contributed by atoms with van der Waals surface area (Å²) in [6.45, 7) is 20.7. The first kappa shape index (κ1) is 58.8. The van der Waals surface area contributed by atoms with Crippen molar-refractivity contribution >= 4 is 23.6 Å². The number of hydrogen-bond donors (Lipinski definition) is 4. The van der Waals surface area contributed by atoms with Crippen LogP contribution < -0.4 is 9.47 Å². The molecule has 438 valence electrons. The lowest BCUT2D eigenvalue weighted by atomic mass is 9.66. The van der Waals surface area contributed by atoms with Crippen molar-refractivity contribution in [2.45, 2.75) is 129 Å². The molecule has 82 heavy (non-hydrogen) atoms. The van der Waals surface area contributed by atoms with Gasteiger partial charge >= 0.3 is 0 Å². The number of imide groups is 2. The Kier molecular flexibility index (Phi) is 16.2. The fraction of sp³-hybridized carbons (Fsp3) is 0.515. The van der Waals surface area contributed by atoms with Crippen LogP contribution in [0, 0.1) is 62.7 Å². The van der Waals surface area contributed by atoms with Gasteiger partial charge in [0, 0.05) is 31.0 Å². The monoisotopic (exact) mass is 1120 g/mol. The Morgan fingerprint density at radius 2 is 1.10 bits per heavy atom. The van der Waals surface area contributed by atoms with Crippen molar-refractivity contribution in [2.24, 2.45) is 35.0 Å². The number of hydrogen-bond acceptors (Lipinski definition) is 14. The molecule has 11 atom stereocenters. The number of nitrogens with zero attached hydrogens (tertiary/aromatic N) is 2. The Labute approximate surface area is 481 Å². The molecule has 6 aliphatic rings. The molecule has 11 unspecified atom stereocenters. The predicted molar refractivity (Wildman–Crippen MR) is 305 cm³/mol. The van der Waals surface area contributed by atoms with E-state index in [4.69, 9.17) is 28.4 Å². The quantitative estimate of drug-likeness (QED) is 0.0365. The van der Waals surface area contributed by atoms with Gasteiger partial charge in [0.1, 0.15) is 59.6 Å². The van der Waals surface area contributed by atoms with E-state index < -0.39 is 70.6 Å². The first-order valence-corrected chi connectivity index (χ1v) is 28.9. The van der Waals surface area contributed by atoms with Crippen LogP contribution in [0.2, 0.25) is 0 Å². The number of carbonyl (C=O) groups is 4. The minimum absolute atomic E-state index is 0.00219. The second-order valence-electron chi connectivity index (χ2n) is 25.3. The molecule has 6 heterocycles. The fourth-order valence-corrected chi connectivity index (χ4v) is 14.0. The number of rotatable bonds is 25. The van der Waals surface area contributed by atoms with E-state index in [1.165, 1.54) is 9.80 Å². The second kappa shape index (κ2) is 22.6. The molecule has 4 aromatic rings. The topological polar surface area (TPSA) is 211 Å². The number of aryl methyl sites for hydroxylation is 4. The Balaban J connectivity index is 0.712. The lowest BCUT2D eigenvalue weighted by Gasteiger charge is -2.39. The SMILES string of the molecule is CCOCC(O)COc1ccc(C(C)(C)c2ccc(OCC(O)COCC34C=CC(O3)C3C(=O)N(CCC(C)CC(C)(C)CN5C(=O)C6C7C=CC(C(c8cc(C)c(O)c(C)c8)c8cc(C)c(O)c(C)c8)(O7)C6C5=O)C(=O)C34)cc2)cc1. The molecule has 0 aromatic heterocycles. The summed E-state index contributed by atoms with van der Waals surface area (Å²) in [5.74, 6) is -3.05.